The summed E-state index contributed by atoms with van der Waals surface area (Å²) >= 11 is 0. The van der Waals surface area contributed by atoms with Gasteiger partial charge in [0.25, 0.3) is 0 Å². The number of hydrogen-bond acceptors (Lipinski definition) is 3. The fourth-order valence-corrected chi connectivity index (χ4v) is 2.35. The van der Waals surface area contributed by atoms with Gasteiger partial charge in [0.1, 0.15) is 11.5 Å². The molecule has 3 rings (SSSR count). The first-order chi connectivity index (χ1) is 12.0. The van der Waals surface area contributed by atoms with Crippen LogP contribution in [0.5, 0.6) is 11.5 Å². The SMILES string of the molecule is O=C(O)c1ccc(Oc2cccc(-c3ccc(C(=O)O)cc3)c2)cc1. The van der Waals surface area contributed by atoms with Crippen LogP contribution in [0.15, 0.2) is 72.8 Å². The van der Waals surface area contributed by atoms with E-state index in [0.29, 0.717) is 11.5 Å². The molecule has 0 saturated heterocycles. The van der Waals surface area contributed by atoms with Crippen molar-refractivity contribution in [3.63, 3.8) is 0 Å². The van der Waals surface area contributed by atoms with Gasteiger partial charge < -0.3 is 14.9 Å². The van der Waals surface area contributed by atoms with Gasteiger partial charge >= 0.3 is 11.9 Å². The van der Waals surface area contributed by atoms with E-state index in [9.17, 15) is 9.59 Å². The third-order valence-corrected chi connectivity index (χ3v) is 3.64. The minimum atomic E-state index is -0.988. The summed E-state index contributed by atoms with van der Waals surface area (Å²) in [5.41, 5.74) is 2.18. The minimum absolute atomic E-state index is 0.194. The molecular formula is C20H14O5. The highest BCUT2D eigenvalue weighted by molar-refractivity contribution is 5.88. The average Bonchev–Trinajstić information content (AvgIpc) is 2.62. The van der Waals surface area contributed by atoms with Crippen molar-refractivity contribution < 1.29 is 24.5 Å². The van der Waals surface area contributed by atoms with Gasteiger partial charge in [0, 0.05) is 0 Å². The first-order valence-electron chi connectivity index (χ1n) is 7.48. The molecule has 0 fully saturated rings. The highest BCUT2D eigenvalue weighted by Crippen LogP contribution is 2.27. The minimum Gasteiger partial charge on any atom is -0.478 e. The van der Waals surface area contributed by atoms with Crippen LogP contribution in [0.4, 0.5) is 0 Å². The number of benzene rings is 3. The van der Waals surface area contributed by atoms with Crippen molar-refractivity contribution in [2.45, 2.75) is 0 Å². The predicted octanol–water partition coefficient (Wildman–Crippen LogP) is 4.54. The number of carboxylic acid groups (broad SMARTS) is 2. The van der Waals surface area contributed by atoms with Gasteiger partial charge in [0.05, 0.1) is 11.1 Å². The van der Waals surface area contributed by atoms with Crippen LogP contribution >= 0.6 is 0 Å². The van der Waals surface area contributed by atoms with Gasteiger partial charge in [0.15, 0.2) is 0 Å². The van der Waals surface area contributed by atoms with Gasteiger partial charge in [-0.1, -0.05) is 24.3 Å². The number of ether oxygens (including phenoxy) is 1. The molecule has 3 aromatic carbocycles. The summed E-state index contributed by atoms with van der Waals surface area (Å²) in [6, 6.07) is 20.1. The molecule has 3 aromatic rings. The summed E-state index contributed by atoms with van der Waals surface area (Å²) in [5.74, 6) is -0.821. The van der Waals surface area contributed by atoms with Crippen molar-refractivity contribution in [3.8, 4) is 22.6 Å². The molecule has 5 nitrogen and oxygen atoms in total. The maximum absolute atomic E-state index is 10.9. The van der Waals surface area contributed by atoms with Crippen molar-refractivity contribution in [1.29, 1.82) is 0 Å². The van der Waals surface area contributed by atoms with Crippen molar-refractivity contribution in [1.82, 2.24) is 0 Å². The van der Waals surface area contributed by atoms with Gasteiger partial charge in [-0.2, -0.15) is 0 Å². The van der Waals surface area contributed by atoms with Gasteiger partial charge in [-0.25, -0.2) is 9.59 Å². The highest BCUT2D eigenvalue weighted by atomic mass is 16.5. The molecule has 0 radical (unpaired) electrons. The van der Waals surface area contributed by atoms with Crippen molar-refractivity contribution in [3.05, 3.63) is 83.9 Å². The Morgan fingerprint density at radius 2 is 1.20 bits per heavy atom. The Hall–Kier alpha value is -3.60. The van der Waals surface area contributed by atoms with E-state index in [4.69, 9.17) is 14.9 Å². The summed E-state index contributed by atoms with van der Waals surface area (Å²) in [5, 5.41) is 17.9. The molecule has 0 unspecified atom stereocenters. The zero-order valence-electron chi connectivity index (χ0n) is 13.0. The molecule has 5 heteroatoms. The van der Waals surface area contributed by atoms with Crippen LogP contribution in [0.25, 0.3) is 11.1 Å². The molecule has 2 N–H and O–H groups in total. The van der Waals surface area contributed by atoms with E-state index in [1.165, 1.54) is 12.1 Å². The van der Waals surface area contributed by atoms with Crippen LogP contribution in [-0.2, 0) is 0 Å². The van der Waals surface area contributed by atoms with Gasteiger partial charge in [0.2, 0.25) is 0 Å². The third kappa shape index (κ3) is 3.84. The van der Waals surface area contributed by atoms with Crippen molar-refractivity contribution in [2.75, 3.05) is 0 Å². The van der Waals surface area contributed by atoms with Crippen LogP contribution < -0.4 is 4.74 Å². The molecule has 0 saturated carbocycles. The quantitative estimate of drug-likeness (QED) is 0.715. The zero-order valence-corrected chi connectivity index (χ0v) is 13.0. The summed E-state index contributed by atoms with van der Waals surface area (Å²) < 4.78 is 5.75. The molecule has 0 spiro atoms. The zero-order chi connectivity index (χ0) is 17.8. The molecule has 0 aliphatic carbocycles. The highest BCUT2D eigenvalue weighted by Gasteiger charge is 2.06. The first kappa shape index (κ1) is 16.3. The largest absolute Gasteiger partial charge is 0.478 e. The van der Waals surface area contributed by atoms with Gasteiger partial charge in [-0.15, -0.1) is 0 Å². The summed E-state index contributed by atoms with van der Waals surface area (Å²) in [7, 11) is 0. The number of carboxylic acids is 2. The van der Waals surface area contributed by atoms with E-state index < -0.39 is 11.9 Å². The Bertz CT molecular complexity index is 912. The molecular weight excluding hydrogens is 320 g/mol. The predicted molar refractivity (Wildman–Crippen MR) is 92.3 cm³/mol. The van der Waals surface area contributed by atoms with Crippen molar-refractivity contribution in [2.24, 2.45) is 0 Å². The van der Waals surface area contributed by atoms with E-state index >= 15 is 0 Å². The van der Waals surface area contributed by atoms with E-state index in [-0.39, 0.29) is 11.1 Å². The molecule has 0 atom stereocenters. The first-order valence-corrected chi connectivity index (χ1v) is 7.48. The van der Waals surface area contributed by atoms with E-state index in [1.54, 1.807) is 42.5 Å². The fraction of sp³-hybridized carbons (Fsp3) is 0. The maximum Gasteiger partial charge on any atom is 0.335 e. The number of rotatable bonds is 5. The van der Waals surface area contributed by atoms with E-state index in [1.807, 2.05) is 18.2 Å². The second-order valence-electron chi connectivity index (χ2n) is 5.34. The van der Waals surface area contributed by atoms with Gasteiger partial charge in [-0.3, -0.25) is 0 Å². The van der Waals surface area contributed by atoms with E-state index in [2.05, 4.69) is 0 Å². The second-order valence-corrected chi connectivity index (χ2v) is 5.34. The Labute approximate surface area is 143 Å². The lowest BCUT2D eigenvalue weighted by Crippen LogP contribution is -1.95. The van der Waals surface area contributed by atoms with Crippen LogP contribution in [0.1, 0.15) is 20.7 Å². The Morgan fingerprint density at radius 1 is 0.640 bits per heavy atom. The summed E-state index contributed by atoms with van der Waals surface area (Å²) in [4.78, 5) is 21.8. The fourth-order valence-electron chi connectivity index (χ4n) is 2.35. The summed E-state index contributed by atoms with van der Waals surface area (Å²) in [6.45, 7) is 0. The topological polar surface area (TPSA) is 83.8 Å². The van der Waals surface area contributed by atoms with E-state index in [0.717, 1.165) is 11.1 Å². The number of hydrogen-bond donors (Lipinski definition) is 2. The molecule has 124 valence electrons. The maximum atomic E-state index is 10.9. The molecule has 0 aromatic heterocycles. The van der Waals surface area contributed by atoms with Crippen LogP contribution in [0, 0.1) is 0 Å². The number of carbonyl (C=O) groups is 2. The smallest absolute Gasteiger partial charge is 0.335 e. The normalized spacial score (nSPS) is 10.2. The molecule has 0 aliphatic rings. The average molecular weight is 334 g/mol. The lowest BCUT2D eigenvalue weighted by Gasteiger charge is -2.08. The van der Waals surface area contributed by atoms with Crippen LogP contribution in [0.2, 0.25) is 0 Å². The third-order valence-electron chi connectivity index (χ3n) is 3.64. The molecule has 0 amide bonds. The lowest BCUT2D eigenvalue weighted by molar-refractivity contribution is 0.0686. The summed E-state index contributed by atoms with van der Waals surface area (Å²) in [6.07, 6.45) is 0. The monoisotopic (exact) mass is 334 g/mol. The van der Waals surface area contributed by atoms with Crippen LogP contribution in [0.3, 0.4) is 0 Å². The van der Waals surface area contributed by atoms with Crippen LogP contribution in [-0.4, -0.2) is 22.2 Å². The lowest BCUT2D eigenvalue weighted by atomic mass is 10.0. The molecule has 25 heavy (non-hydrogen) atoms. The number of aromatic carboxylic acids is 2. The standard InChI is InChI=1S/C20H14O5/c21-19(22)14-6-4-13(5-7-14)16-2-1-3-18(12-16)25-17-10-8-15(9-11-17)20(23)24/h1-12H,(H,21,22)(H,23,24). The molecule has 0 aliphatic heterocycles. The molecule has 0 bridgehead atoms. The van der Waals surface area contributed by atoms with Gasteiger partial charge in [-0.05, 0) is 59.7 Å². The Kier molecular flexibility index (Phi) is 4.48. The van der Waals surface area contributed by atoms with Crippen molar-refractivity contribution >= 4 is 11.9 Å². The second kappa shape index (κ2) is 6.88. The Morgan fingerprint density at radius 3 is 1.76 bits per heavy atom. The Balaban J connectivity index is 1.81. The molecule has 0 heterocycles.